The largest absolute Gasteiger partial charge is 0.465 e. The van der Waals surface area contributed by atoms with Crippen LogP contribution in [-0.2, 0) is 21.5 Å². The number of methoxy groups -OCH3 is 1. The van der Waals surface area contributed by atoms with Crippen molar-refractivity contribution in [1.29, 1.82) is 0 Å². The van der Waals surface area contributed by atoms with E-state index < -0.39 is 0 Å². The van der Waals surface area contributed by atoms with Crippen LogP contribution < -0.4 is 0 Å². The highest BCUT2D eigenvalue weighted by molar-refractivity contribution is 5.91. The number of carbonyl (C=O) groups excluding carboxylic acids is 1. The summed E-state index contributed by atoms with van der Waals surface area (Å²) in [5.74, 6) is -0.293. The summed E-state index contributed by atoms with van der Waals surface area (Å²) < 4.78 is 10.2. The van der Waals surface area contributed by atoms with Gasteiger partial charge in [0.25, 0.3) is 0 Å². The topological polar surface area (TPSA) is 35.5 Å². The van der Waals surface area contributed by atoms with Crippen LogP contribution in [0.4, 0.5) is 0 Å². The van der Waals surface area contributed by atoms with Gasteiger partial charge in [-0.2, -0.15) is 0 Å². The van der Waals surface area contributed by atoms with Crippen LogP contribution in [0.1, 0.15) is 49.2 Å². The fraction of sp³-hybridized carbons (Fsp3) is 0.533. The number of ether oxygens (including phenoxy) is 2. The fourth-order valence-electron chi connectivity index (χ4n) is 1.83. The molecule has 0 unspecified atom stereocenters. The molecule has 0 N–H and O–H groups in total. The number of rotatable bonds is 4. The summed E-state index contributed by atoms with van der Waals surface area (Å²) in [5, 5.41) is 0. The maximum atomic E-state index is 11.8. The van der Waals surface area contributed by atoms with Crippen LogP contribution in [-0.4, -0.2) is 19.7 Å². The Morgan fingerprint density at radius 3 is 2.44 bits per heavy atom. The second-order valence-corrected chi connectivity index (χ2v) is 5.26. The monoisotopic (exact) mass is 250 g/mol. The minimum atomic E-state index is -0.293. The molecule has 18 heavy (non-hydrogen) atoms. The van der Waals surface area contributed by atoms with E-state index in [9.17, 15) is 4.79 Å². The van der Waals surface area contributed by atoms with Gasteiger partial charge < -0.3 is 9.47 Å². The number of benzene rings is 1. The molecule has 0 aliphatic carbocycles. The third kappa shape index (κ3) is 3.57. The lowest BCUT2D eigenvalue weighted by atomic mass is 9.83. The molecule has 1 aromatic rings. The first-order valence-electron chi connectivity index (χ1n) is 6.19. The van der Waals surface area contributed by atoms with Crippen molar-refractivity contribution in [1.82, 2.24) is 0 Å². The fourth-order valence-corrected chi connectivity index (χ4v) is 1.83. The summed E-state index contributed by atoms with van der Waals surface area (Å²) in [5.41, 5.74) is 2.52. The molecule has 0 radical (unpaired) electrons. The summed E-state index contributed by atoms with van der Waals surface area (Å²) in [6.45, 7) is 9.37. The smallest absolute Gasteiger partial charge is 0.338 e. The molecule has 0 spiro atoms. The van der Waals surface area contributed by atoms with Gasteiger partial charge in [0.1, 0.15) is 0 Å². The first-order valence-corrected chi connectivity index (χ1v) is 6.19. The van der Waals surface area contributed by atoms with Crippen LogP contribution in [0.15, 0.2) is 18.2 Å². The normalized spacial score (nSPS) is 11.4. The molecule has 1 rings (SSSR count). The third-order valence-electron chi connectivity index (χ3n) is 2.77. The molecule has 0 amide bonds. The molecule has 3 nitrogen and oxygen atoms in total. The molecule has 0 fully saturated rings. The van der Waals surface area contributed by atoms with Gasteiger partial charge in [-0.25, -0.2) is 4.79 Å². The van der Waals surface area contributed by atoms with Crippen molar-refractivity contribution < 1.29 is 14.3 Å². The molecule has 0 heterocycles. The molecule has 0 saturated carbocycles. The van der Waals surface area contributed by atoms with Crippen LogP contribution in [0.3, 0.4) is 0 Å². The van der Waals surface area contributed by atoms with Crippen LogP contribution in [0.5, 0.6) is 0 Å². The van der Waals surface area contributed by atoms with E-state index in [0.29, 0.717) is 18.8 Å². The number of esters is 1. The minimum absolute atomic E-state index is 0.0896. The molecule has 0 bridgehead atoms. The zero-order valence-corrected chi connectivity index (χ0v) is 11.9. The zero-order valence-electron chi connectivity index (χ0n) is 11.9. The average molecular weight is 250 g/mol. The third-order valence-corrected chi connectivity index (χ3v) is 2.77. The summed E-state index contributed by atoms with van der Waals surface area (Å²) >= 11 is 0. The van der Waals surface area contributed by atoms with E-state index in [2.05, 4.69) is 20.8 Å². The highest BCUT2D eigenvalue weighted by Crippen LogP contribution is 2.27. The lowest BCUT2D eigenvalue weighted by molar-refractivity contribution is 0.0597. The van der Waals surface area contributed by atoms with Crippen LogP contribution in [0, 0.1) is 0 Å². The minimum Gasteiger partial charge on any atom is -0.465 e. The predicted octanol–water partition coefficient (Wildman–Crippen LogP) is 3.31. The van der Waals surface area contributed by atoms with Gasteiger partial charge in [0.15, 0.2) is 0 Å². The second-order valence-electron chi connectivity index (χ2n) is 5.26. The van der Waals surface area contributed by atoms with Crippen molar-refractivity contribution in [3.05, 3.63) is 34.9 Å². The Labute approximate surface area is 109 Å². The highest BCUT2D eigenvalue weighted by Gasteiger charge is 2.22. The Balaban J connectivity index is 3.17. The maximum Gasteiger partial charge on any atom is 0.338 e. The van der Waals surface area contributed by atoms with Crippen LogP contribution >= 0.6 is 0 Å². The van der Waals surface area contributed by atoms with Gasteiger partial charge >= 0.3 is 5.97 Å². The van der Waals surface area contributed by atoms with Gasteiger partial charge in [-0.3, -0.25) is 0 Å². The van der Waals surface area contributed by atoms with E-state index in [-0.39, 0.29) is 11.4 Å². The Hall–Kier alpha value is -1.35. The van der Waals surface area contributed by atoms with Gasteiger partial charge in [-0.1, -0.05) is 32.9 Å². The zero-order chi connectivity index (χ0) is 13.8. The summed E-state index contributed by atoms with van der Waals surface area (Å²) in [6, 6.07) is 5.85. The number of carbonyl (C=O) groups is 1. The Morgan fingerprint density at radius 1 is 1.28 bits per heavy atom. The predicted molar refractivity (Wildman–Crippen MR) is 71.8 cm³/mol. The van der Waals surface area contributed by atoms with Crippen molar-refractivity contribution in [3.8, 4) is 0 Å². The molecule has 0 saturated heterocycles. The van der Waals surface area contributed by atoms with Gasteiger partial charge in [-0.05, 0) is 29.5 Å². The van der Waals surface area contributed by atoms with Crippen LogP contribution in [0.2, 0.25) is 0 Å². The first-order chi connectivity index (χ1) is 8.40. The summed E-state index contributed by atoms with van der Waals surface area (Å²) in [4.78, 5) is 11.8. The first kappa shape index (κ1) is 14.7. The summed E-state index contributed by atoms with van der Waals surface area (Å²) in [6.07, 6.45) is 0. The van der Waals surface area contributed by atoms with Gasteiger partial charge in [0.05, 0.1) is 19.3 Å². The van der Waals surface area contributed by atoms with Gasteiger partial charge in [-0.15, -0.1) is 0 Å². The molecule has 100 valence electrons. The standard InChI is InChI=1S/C15H22O3/c1-6-18-10-11-7-8-13(15(2,3)4)12(9-11)14(16)17-5/h7-9H,6,10H2,1-5H3. The van der Waals surface area contributed by atoms with Crippen molar-refractivity contribution in [2.24, 2.45) is 0 Å². The van der Waals surface area contributed by atoms with E-state index in [0.717, 1.165) is 11.1 Å². The SMILES string of the molecule is CCOCc1ccc(C(C)(C)C)c(C(=O)OC)c1. The lowest BCUT2D eigenvalue weighted by Crippen LogP contribution is -2.18. The molecule has 0 aromatic heterocycles. The molecule has 0 aliphatic heterocycles. The van der Waals surface area contributed by atoms with E-state index in [1.165, 1.54) is 7.11 Å². The summed E-state index contributed by atoms with van der Waals surface area (Å²) in [7, 11) is 1.41. The van der Waals surface area contributed by atoms with Crippen molar-refractivity contribution in [2.75, 3.05) is 13.7 Å². The van der Waals surface area contributed by atoms with Gasteiger partial charge in [0, 0.05) is 6.61 Å². The maximum absolute atomic E-state index is 11.8. The van der Waals surface area contributed by atoms with E-state index in [1.54, 1.807) is 0 Å². The van der Waals surface area contributed by atoms with E-state index in [4.69, 9.17) is 9.47 Å². The molecule has 1 aromatic carbocycles. The molecular weight excluding hydrogens is 228 g/mol. The highest BCUT2D eigenvalue weighted by atomic mass is 16.5. The molecule has 3 heteroatoms. The lowest BCUT2D eigenvalue weighted by Gasteiger charge is -2.22. The van der Waals surface area contributed by atoms with Gasteiger partial charge in [0.2, 0.25) is 0 Å². The van der Waals surface area contributed by atoms with E-state index in [1.807, 2.05) is 25.1 Å². The number of hydrogen-bond donors (Lipinski definition) is 0. The Kier molecular flexibility index (Phi) is 4.91. The second kappa shape index (κ2) is 6.01. The molecule has 0 atom stereocenters. The Morgan fingerprint density at radius 2 is 1.94 bits per heavy atom. The van der Waals surface area contributed by atoms with Crippen molar-refractivity contribution in [3.63, 3.8) is 0 Å². The number of hydrogen-bond acceptors (Lipinski definition) is 3. The van der Waals surface area contributed by atoms with Crippen LogP contribution in [0.25, 0.3) is 0 Å². The molecular formula is C15H22O3. The van der Waals surface area contributed by atoms with E-state index >= 15 is 0 Å². The van der Waals surface area contributed by atoms with Crippen molar-refractivity contribution in [2.45, 2.75) is 39.7 Å². The quantitative estimate of drug-likeness (QED) is 0.769. The van der Waals surface area contributed by atoms with Crippen molar-refractivity contribution >= 4 is 5.97 Å². The Bertz CT molecular complexity index is 416. The molecule has 0 aliphatic rings. The average Bonchev–Trinajstić information content (AvgIpc) is 2.33.